The van der Waals surface area contributed by atoms with E-state index in [1.807, 2.05) is 24.3 Å². The third kappa shape index (κ3) is 5.09. The molecule has 8 nitrogen and oxygen atoms in total. The number of fused-ring (bicyclic) bond motifs is 3. The van der Waals surface area contributed by atoms with E-state index in [1.54, 1.807) is 56.5 Å². The van der Waals surface area contributed by atoms with E-state index in [0.717, 1.165) is 21.8 Å². The summed E-state index contributed by atoms with van der Waals surface area (Å²) in [7, 11) is 5.16. The van der Waals surface area contributed by atoms with Crippen LogP contribution in [0.2, 0.25) is 0 Å². The number of methoxy groups -OCH3 is 2. The highest BCUT2D eigenvalue weighted by molar-refractivity contribution is 9.10. The number of thiazole rings is 1. The van der Waals surface area contributed by atoms with Crippen molar-refractivity contribution in [3.05, 3.63) is 101 Å². The molecule has 1 atom stereocenters. The van der Waals surface area contributed by atoms with Gasteiger partial charge >= 0.3 is 5.97 Å². The minimum Gasteiger partial charge on any atom is -0.493 e. The lowest BCUT2D eigenvalue weighted by Crippen LogP contribution is -2.40. The molecule has 11 heteroatoms. The van der Waals surface area contributed by atoms with Crippen LogP contribution in [0.15, 0.2) is 89.9 Å². The fourth-order valence-electron chi connectivity index (χ4n) is 5.36. The first-order chi connectivity index (χ1) is 20.7. The van der Waals surface area contributed by atoms with E-state index in [0.29, 0.717) is 42.1 Å². The number of allylic oxidation sites excluding steroid dienone is 1. The Balaban J connectivity index is 1.51. The average Bonchev–Trinajstić information content (AvgIpc) is 3.30. The highest BCUT2D eigenvalue weighted by Crippen LogP contribution is 2.47. The van der Waals surface area contributed by atoms with Crippen LogP contribution in [-0.4, -0.2) is 38.4 Å². The summed E-state index contributed by atoms with van der Waals surface area (Å²) in [5.41, 5.74) is 4.34. The van der Waals surface area contributed by atoms with Crippen LogP contribution >= 0.6 is 39.0 Å². The number of halogens is 1. The number of hydrogen-bond acceptors (Lipinski definition) is 9. The van der Waals surface area contributed by atoms with Crippen molar-refractivity contribution >= 4 is 62.4 Å². The topological polar surface area (TPSA) is 82.4 Å². The molecule has 0 aliphatic carbocycles. The van der Waals surface area contributed by atoms with Gasteiger partial charge in [0.25, 0.3) is 5.56 Å². The number of nitrogens with zero attached hydrogens (tertiary/aromatic N) is 3. The molecule has 3 aromatic carbocycles. The van der Waals surface area contributed by atoms with Crippen LogP contribution in [0.25, 0.3) is 6.08 Å². The lowest BCUT2D eigenvalue weighted by Gasteiger charge is -2.29. The van der Waals surface area contributed by atoms with Crippen LogP contribution < -0.4 is 29.3 Å². The second-order valence-electron chi connectivity index (χ2n) is 9.89. The smallest absolute Gasteiger partial charge is 0.338 e. The molecule has 2 aliphatic heterocycles. The normalized spacial score (nSPS) is 15.8. The molecule has 0 saturated heterocycles. The maximum Gasteiger partial charge on any atom is 0.338 e. The van der Waals surface area contributed by atoms with Crippen molar-refractivity contribution in [3.63, 3.8) is 0 Å². The summed E-state index contributed by atoms with van der Waals surface area (Å²) in [4.78, 5) is 37.1. The zero-order valence-electron chi connectivity index (χ0n) is 24.1. The average molecular weight is 679 g/mol. The van der Waals surface area contributed by atoms with Crippen molar-refractivity contribution < 1.29 is 19.0 Å². The predicted octanol–water partition coefficient (Wildman–Crippen LogP) is 5.81. The fourth-order valence-corrected chi connectivity index (χ4v) is 8.15. The molecule has 0 spiro atoms. The predicted molar refractivity (Wildman–Crippen MR) is 173 cm³/mol. The Hall–Kier alpha value is -3.80. The first kappa shape index (κ1) is 29.3. The monoisotopic (exact) mass is 677 g/mol. The quantitative estimate of drug-likeness (QED) is 0.238. The van der Waals surface area contributed by atoms with Crippen molar-refractivity contribution in [2.24, 2.45) is 4.99 Å². The summed E-state index contributed by atoms with van der Waals surface area (Å²) in [6.45, 7) is 3.70. The Morgan fingerprint density at radius 1 is 1.05 bits per heavy atom. The molecule has 0 unspecified atom stereocenters. The third-order valence-corrected chi connectivity index (χ3v) is 10.2. The van der Waals surface area contributed by atoms with Gasteiger partial charge in [0.1, 0.15) is 0 Å². The van der Waals surface area contributed by atoms with Crippen molar-refractivity contribution in [1.82, 2.24) is 4.57 Å². The molecule has 0 saturated carbocycles. The summed E-state index contributed by atoms with van der Waals surface area (Å²) in [5, 5.41) is 0. The van der Waals surface area contributed by atoms with Crippen molar-refractivity contribution in [1.29, 1.82) is 0 Å². The second-order valence-corrected chi connectivity index (χ2v) is 12.8. The maximum absolute atomic E-state index is 14.2. The highest BCUT2D eigenvalue weighted by atomic mass is 79.9. The Labute approximate surface area is 265 Å². The number of rotatable bonds is 6. The Kier molecular flexibility index (Phi) is 7.97. The van der Waals surface area contributed by atoms with E-state index < -0.39 is 12.0 Å². The lowest BCUT2D eigenvalue weighted by atomic mass is 9.95. The Morgan fingerprint density at radius 3 is 2.51 bits per heavy atom. The molecule has 43 heavy (non-hydrogen) atoms. The summed E-state index contributed by atoms with van der Waals surface area (Å²) < 4.78 is 19.2. The molecule has 6 rings (SSSR count). The van der Waals surface area contributed by atoms with Crippen LogP contribution in [0.5, 0.6) is 11.5 Å². The summed E-state index contributed by atoms with van der Waals surface area (Å²) in [6.07, 6.45) is 1.88. The van der Waals surface area contributed by atoms with Gasteiger partial charge < -0.3 is 19.1 Å². The minimum atomic E-state index is -0.795. The molecule has 0 fully saturated rings. The van der Waals surface area contributed by atoms with Gasteiger partial charge in [-0.15, -0.1) is 0 Å². The van der Waals surface area contributed by atoms with Gasteiger partial charge in [0, 0.05) is 21.3 Å². The first-order valence-electron chi connectivity index (χ1n) is 13.5. The van der Waals surface area contributed by atoms with Crippen LogP contribution in [0.1, 0.15) is 31.0 Å². The number of esters is 1. The molecule has 1 aromatic heterocycles. The van der Waals surface area contributed by atoms with Gasteiger partial charge in [-0.05, 0) is 67.4 Å². The highest BCUT2D eigenvalue weighted by Gasteiger charge is 2.35. The Morgan fingerprint density at radius 2 is 1.77 bits per heavy atom. The van der Waals surface area contributed by atoms with Crippen molar-refractivity contribution in [3.8, 4) is 11.5 Å². The molecule has 0 radical (unpaired) electrons. The lowest BCUT2D eigenvalue weighted by molar-refractivity contribution is -0.139. The number of carbonyl (C=O) groups is 1. The van der Waals surface area contributed by atoms with E-state index in [-0.39, 0.29) is 12.2 Å². The molecule has 0 bridgehead atoms. The number of ether oxygens (including phenoxy) is 3. The number of anilines is 2. The molecule has 0 amide bonds. The van der Waals surface area contributed by atoms with E-state index >= 15 is 0 Å². The molecule has 4 aromatic rings. The minimum absolute atomic E-state index is 0.190. The zero-order chi connectivity index (χ0) is 30.4. The molecule has 3 heterocycles. The third-order valence-electron chi connectivity index (χ3n) is 7.40. The number of para-hydroxylation sites is 1. The molecule has 2 aliphatic rings. The second kappa shape index (κ2) is 11.7. The number of aromatic nitrogens is 1. The van der Waals surface area contributed by atoms with Crippen LogP contribution in [-0.2, 0) is 9.53 Å². The van der Waals surface area contributed by atoms with E-state index in [1.165, 1.54) is 16.2 Å². The van der Waals surface area contributed by atoms with Gasteiger partial charge in [0.2, 0.25) is 0 Å². The SMILES string of the molecule is CCOC(=O)C1=C(C)N=c2s/c(=C/c3ccc4c(c3)Sc3ccccc3N4C)c(=O)n2[C@H]1c1cc(OC)c(OC)cc1Br. The molecular weight excluding hydrogens is 650 g/mol. The van der Waals surface area contributed by atoms with Crippen LogP contribution in [0.4, 0.5) is 11.4 Å². The molecule has 0 N–H and O–H groups in total. The van der Waals surface area contributed by atoms with Gasteiger partial charge in [-0.1, -0.05) is 57.2 Å². The molecular formula is C32H28BrN3O5S2. The van der Waals surface area contributed by atoms with Gasteiger partial charge in [0.05, 0.1) is 54.0 Å². The standard InChI is InChI=1S/C32H28BrN3O5S2/c1-6-41-31(38)28-17(2)34-32-36(29(28)19-15-23(39-4)24(40-5)16-20(19)33)30(37)27(43-32)14-18-11-12-22-26(13-18)42-25-10-8-7-9-21(25)35(22)3/h7-16,29H,6H2,1-5H3/b27-14+/t29-/m0/s1. The zero-order valence-corrected chi connectivity index (χ0v) is 27.4. The number of hydrogen-bond donors (Lipinski definition) is 0. The van der Waals surface area contributed by atoms with Crippen molar-refractivity contribution in [2.45, 2.75) is 29.7 Å². The van der Waals surface area contributed by atoms with Gasteiger partial charge in [-0.3, -0.25) is 9.36 Å². The number of carbonyl (C=O) groups excluding carboxylic acids is 1. The van der Waals surface area contributed by atoms with Crippen LogP contribution in [0, 0.1) is 0 Å². The summed E-state index contributed by atoms with van der Waals surface area (Å²) >= 11 is 6.64. The Bertz CT molecular complexity index is 2000. The van der Waals surface area contributed by atoms with Crippen molar-refractivity contribution in [2.75, 3.05) is 32.8 Å². The van der Waals surface area contributed by atoms with Gasteiger partial charge in [0.15, 0.2) is 16.3 Å². The van der Waals surface area contributed by atoms with E-state index in [9.17, 15) is 9.59 Å². The van der Waals surface area contributed by atoms with Gasteiger partial charge in [-0.25, -0.2) is 9.79 Å². The molecule has 220 valence electrons. The summed E-state index contributed by atoms with van der Waals surface area (Å²) in [5.74, 6) is 0.460. The summed E-state index contributed by atoms with van der Waals surface area (Å²) in [6, 6.07) is 17.2. The van der Waals surface area contributed by atoms with E-state index in [2.05, 4.69) is 52.1 Å². The number of benzene rings is 3. The van der Waals surface area contributed by atoms with Gasteiger partial charge in [-0.2, -0.15) is 0 Å². The first-order valence-corrected chi connectivity index (χ1v) is 15.9. The fraction of sp³-hybridized carbons (Fsp3) is 0.219. The van der Waals surface area contributed by atoms with E-state index in [4.69, 9.17) is 19.2 Å². The van der Waals surface area contributed by atoms with Crippen LogP contribution in [0.3, 0.4) is 0 Å². The maximum atomic E-state index is 14.2. The largest absolute Gasteiger partial charge is 0.493 e.